The van der Waals surface area contributed by atoms with Gasteiger partial charge in [-0.3, -0.25) is 10.0 Å². The van der Waals surface area contributed by atoms with Crippen molar-refractivity contribution in [3.05, 3.63) is 47.3 Å². The van der Waals surface area contributed by atoms with Crippen molar-refractivity contribution in [2.75, 3.05) is 20.1 Å². The van der Waals surface area contributed by atoms with Crippen LogP contribution in [0, 0.1) is 12.8 Å². The molecule has 5 heteroatoms. The van der Waals surface area contributed by atoms with Gasteiger partial charge in [-0.2, -0.15) is 0 Å². The molecule has 1 amide bonds. The van der Waals surface area contributed by atoms with Crippen molar-refractivity contribution in [3.8, 4) is 0 Å². The van der Waals surface area contributed by atoms with Gasteiger partial charge >= 0.3 is 0 Å². The predicted molar refractivity (Wildman–Crippen MR) is 95.2 cm³/mol. The molecule has 0 bridgehead atoms. The second kappa shape index (κ2) is 8.73. The number of hydrogen-bond donors (Lipinski definition) is 2. The highest BCUT2D eigenvalue weighted by atomic mass is 16.5. The first-order valence-corrected chi connectivity index (χ1v) is 8.72. The molecule has 1 aliphatic rings. The van der Waals surface area contributed by atoms with Crippen LogP contribution in [-0.2, 0) is 11.3 Å². The van der Waals surface area contributed by atoms with Gasteiger partial charge in [0.25, 0.3) is 5.91 Å². The highest BCUT2D eigenvalue weighted by Crippen LogP contribution is 2.22. The molecule has 24 heavy (non-hydrogen) atoms. The summed E-state index contributed by atoms with van der Waals surface area (Å²) < 4.78 is 0. The summed E-state index contributed by atoms with van der Waals surface area (Å²) in [5.41, 5.74) is 2.43. The molecule has 5 nitrogen and oxygen atoms in total. The number of benzene rings is 1. The number of hydroxylamine groups is 2. The van der Waals surface area contributed by atoms with Crippen LogP contribution in [-0.4, -0.2) is 41.2 Å². The number of amides is 1. The Morgan fingerprint density at radius 2 is 2.21 bits per heavy atom. The Labute approximate surface area is 144 Å². The number of carbonyl (C=O) groups excluding carboxylic acids is 1. The molecule has 0 unspecified atom stereocenters. The zero-order chi connectivity index (χ0) is 17.5. The van der Waals surface area contributed by atoms with E-state index in [4.69, 9.17) is 0 Å². The lowest BCUT2D eigenvalue weighted by atomic mass is 9.95. The highest BCUT2D eigenvalue weighted by molar-refractivity contribution is 5.86. The lowest BCUT2D eigenvalue weighted by Crippen LogP contribution is -2.40. The number of nitrogens with one attached hydrogen (secondary N) is 1. The molecule has 1 fully saturated rings. The maximum atomic E-state index is 12.0. The fraction of sp³-hybridized carbons (Fsp3) is 0.526. The minimum absolute atomic E-state index is 0.416. The summed E-state index contributed by atoms with van der Waals surface area (Å²) in [6.45, 7) is 6.84. The molecule has 2 N–H and O–H groups in total. The topological polar surface area (TPSA) is 55.8 Å². The van der Waals surface area contributed by atoms with E-state index in [2.05, 4.69) is 36.2 Å². The van der Waals surface area contributed by atoms with E-state index in [1.54, 1.807) is 0 Å². The molecule has 0 saturated carbocycles. The molecule has 0 aromatic heterocycles. The summed E-state index contributed by atoms with van der Waals surface area (Å²) in [4.78, 5) is 14.2. The number of aryl methyl sites for hydroxylation is 1. The second-order valence-corrected chi connectivity index (χ2v) is 6.53. The maximum Gasteiger partial charge on any atom is 0.273 e. The molecule has 2 rings (SSSR count). The van der Waals surface area contributed by atoms with Crippen molar-refractivity contribution in [1.29, 1.82) is 0 Å². The van der Waals surface area contributed by atoms with Crippen molar-refractivity contribution in [2.24, 2.45) is 5.92 Å². The number of piperidine rings is 1. The summed E-state index contributed by atoms with van der Waals surface area (Å²) in [6.07, 6.45) is 5.02. The van der Waals surface area contributed by atoms with E-state index in [9.17, 15) is 10.0 Å². The third kappa shape index (κ3) is 4.99. The zero-order valence-electron chi connectivity index (χ0n) is 15.0. The van der Waals surface area contributed by atoms with Crippen LogP contribution in [0.3, 0.4) is 0 Å². The minimum Gasteiger partial charge on any atom is -0.367 e. The van der Waals surface area contributed by atoms with Gasteiger partial charge in [0, 0.05) is 32.8 Å². The number of rotatable bonds is 6. The first kappa shape index (κ1) is 18.3. The Morgan fingerprint density at radius 1 is 1.46 bits per heavy atom. The summed E-state index contributed by atoms with van der Waals surface area (Å²) in [7, 11) is 1.35. The van der Waals surface area contributed by atoms with E-state index >= 15 is 0 Å². The van der Waals surface area contributed by atoms with Crippen LogP contribution in [0.1, 0.15) is 37.3 Å². The monoisotopic (exact) mass is 331 g/mol. The van der Waals surface area contributed by atoms with E-state index < -0.39 is 5.91 Å². The Hall–Kier alpha value is -2.01. The number of likely N-dealkylation sites (N-methyl/N-ethyl adjacent to an activating group) is 1. The number of nitrogens with zero attached hydrogens (tertiary/aromatic N) is 2. The van der Waals surface area contributed by atoms with Crippen molar-refractivity contribution < 1.29 is 10.0 Å². The summed E-state index contributed by atoms with van der Waals surface area (Å²) in [6, 6.07) is 8.22. The van der Waals surface area contributed by atoms with E-state index in [-0.39, 0.29) is 0 Å². The largest absolute Gasteiger partial charge is 0.367 e. The fourth-order valence-corrected chi connectivity index (χ4v) is 3.08. The highest BCUT2D eigenvalue weighted by Gasteiger charge is 2.21. The quantitative estimate of drug-likeness (QED) is 0.478. The lowest BCUT2D eigenvalue weighted by molar-refractivity contribution is -0.153. The first-order valence-electron chi connectivity index (χ1n) is 8.72. The molecule has 0 spiro atoms. The SMILES string of the molecule is CC[C@@H]1CCCN(/C(=C/C(=O)N(C)O)NCc2ccccc2C)C1. The van der Waals surface area contributed by atoms with Gasteiger partial charge in [0.05, 0.1) is 0 Å². The average Bonchev–Trinajstić information content (AvgIpc) is 2.59. The molecule has 1 saturated heterocycles. The van der Waals surface area contributed by atoms with Crippen molar-refractivity contribution in [1.82, 2.24) is 15.3 Å². The Bertz CT molecular complexity index is 584. The van der Waals surface area contributed by atoms with Gasteiger partial charge in [0.15, 0.2) is 0 Å². The van der Waals surface area contributed by atoms with Gasteiger partial charge in [0.1, 0.15) is 5.82 Å². The molecule has 1 aromatic rings. The molecule has 1 aromatic carbocycles. The van der Waals surface area contributed by atoms with Crippen LogP contribution in [0.15, 0.2) is 36.2 Å². The van der Waals surface area contributed by atoms with E-state index in [0.29, 0.717) is 17.5 Å². The maximum absolute atomic E-state index is 12.0. The van der Waals surface area contributed by atoms with Crippen LogP contribution >= 0.6 is 0 Å². The zero-order valence-corrected chi connectivity index (χ0v) is 15.0. The van der Waals surface area contributed by atoms with E-state index in [0.717, 1.165) is 31.8 Å². The Morgan fingerprint density at radius 3 is 2.88 bits per heavy atom. The third-order valence-corrected chi connectivity index (χ3v) is 4.74. The van der Waals surface area contributed by atoms with Crippen molar-refractivity contribution in [2.45, 2.75) is 39.7 Å². The normalized spacial score (nSPS) is 18.4. The molecule has 1 aliphatic heterocycles. The third-order valence-electron chi connectivity index (χ3n) is 4.74. The van der Waals surface area contributed by atoms with Crippen molar-refractivity contribution >= 4 is 5.91 Å². The lowest BCUT2D eigenvalue weighted by Gasteiger charge is -2.36. The summed E-state index contributed by atoms with van der Waals surface area (Å²) in [5.74, 6) is 1.03. The van der Waals surface area contributed by atoms with E-state index in [1.165, 1.54) is 30.7 Å². The molecular weight excluding hydrogens is 302 g/mol. The predicted octanol–water partition coefficient (Wildman–Crippen LogP) is 2.90. The van der Waals surface area contributed by atoms with E-state index in [1.807, 2.05) is 12.1 Å². The summed E-state index contributed by atoms with van der Waals surface area (Å²) in [5, 5.41) is 13.4. The number of hydrogen-bond acceptors (Lipinski definition) is 4. The smallest absolute Gasteiger partial charge is 0.273 e. The van der Waals surface area contributed by atoms with Gasteiger partial charge in [-0.05, 0) is 36.8 Å². The van der Waals surface area contributed by atoms with Crippen LogP contribution in [0.2, 0.25) is 0 Å². The van der Waals surface area contributed by atoms with Crippen LogP contribution in [0.4, 0.5) is 0 Å². The van der Waals surface area contributed by atoms with Gasteiger partial charge in [-0.1, -0.05) is 37.6 Å². The van der Waals surface area contributed by atoms with Gasteiger partial charge in [-0.25, -0.2) is 5.06 Å². The van der Waals surface area contributed by atoms with Crippen molar-refractivity contribution in [3.63, 3.8) is 0 Å². The van der Waals surface area contributed by atoms with Crippen LogP contribution in [0.25, 0.3) is 0 Å². The van der Waals surface area contributed by atoms with Crippen LogP contribution < -0.4 is 5.32 Å². The molecule has 1 heterocycles. The van der Waals surface area contributed by atoms with Gasteiger partial charge < -0.3 is 10.2 Å². The summed E-state index contributed by atoms with van der Waals surface area (Å²) >= 11 is 0. The molecular formula is C19H29N3O2. The standard InChI is InChI=1S/C19H29N3O2/c1-4-16-9-7-11-22(14-16)18(12-19(23)21(3)24)20-13-17-10-6-5-8-15(17)2/h5-6,8,10,12,16,20,24H,4,7,9,11,13-14H2,1-3H3/b18-12+/t16-/m1/s1. The Kier molecular flexibility index (Phi) is 6.67. The first-order chi connectivity index (χ1) is 11.5. The minimum atomic E-state index is -0.416. The van der Waals surface area contributed by atoms with Gasteiger partial charge in [-0.15, -0.1) is 0 Å². The second-order valence-electron chi connectivity index (χ2n) is 6.53. The Balaban J connectivity index is 2.13. The molecule has 132 valence electrons. The van der Waals surface area contributed by atoms with Gasteiger partial charge in [0.2, 0.25) is 0 Å². The number of likely N-dealkylation sites (tertiary alicyclic amines) is 1. The molecule has 1 atom stereocenters. The van der Waals surface area contributed by atoms with Crippen LogP contribution in [0.5, 0.6) is 0 Å². The number of carbonyl (C=O) groups is 1. The molecule has 0 aliphatic carbocycles. The molecule has 0 radical (unpaired) electrons. The fourth-order valence-electron chi connectivity index (χ4n) is 3.08. The average molecular weight is 331 g/mol.